The molecule has 0 amide bonds. The smallest absolute Gasteiger partial charge is 0.0110 e. The first kappa shape index (κ1) is 10.4. The highest BCUT2D eigenvalue weighted by atomic mass is 14.9. The molecule has 0 aromatic carbocycles. The molecule has 0 aromatic rings. The van der Waals surface area contributed by atoms with Gasteiger partial charge >= 0.3 is 0 Å². The molecule has 2 aliphatic rings. The fraction of sp³-hybridized carbons (Fsp3) is 1.00. The Labute approximate surface area is 87.8 Å². The van der Waals surface area contributed by atoms with Crippen LogP contribution in [0.15, 0.2) is 0 Å². The molecule has 2 unspecified atom stereocenters. The summed E-state index contributed by atoms with van der Waals surface area (Å²) in [6.45, 7) is 0. The quantitative estimate of drug-likeness (QED) is 0.703. The predicted octanol–water partition coefficient (Wildman–Crippen LogP) is 1.76. The molecule has 0 saturated heterocycles. The van der Waals surface area contributed by atoms with Gasteiger partial charge in [-0.3, -0.25) is 0 Å². The van der Waals surface area contributed by atoms with Crippen molar-refractivity contribution < 1.29 is 0 Å². The summed E-state index contributed by atoms with van der Waals surface area (Å²) in [5.74, 6) is 1.89. The molecule has 2 heteroatoms. The van der Waals surface area contributed by atoms with E-state index in [2.05, 4.69) is 24.7 Å². The van der Waals surface area contributed by atoms with Gasteiger partial charge in [-0.05, 0) is 38.8 Å². The van der Waals surface area contributed by atoms with Crippen molar-refractivity contribution in [2.45, 2.75) is 50.6 Å². The lowest BCUT2D eigenvalue weighted by molar-refractivity contribution is 0.0961. The first-order chi connectivity index (χ1) is 6.86. The molecule has 2 nitrogen and oxygen atoms in total. The molecular formula is C12H24N2. The zero-order valence-electron chi connectivity index (χ0n) is 9.55. The minimum absolute atomic E-state index is 0.770. The first-order valence-electron chi connectivity index (χ1n) is 6.21. The predicted molar refractivity (Wildman–Crippen MR) is 60.4 cm³/mol. The van der Waals surface area contributed by atoms with Crippen molar-refractivity contribution in [1.29, 1.82) is 0 Å². The summed E-state index contributed by atoms with van der Waals surface area (Å²) in [5, 5.41) is 7.05. The Bertz CT molecular complexity index is 152. The third kappa shape index (κ3) is 1.82. The second-order valence-electron chi connectivity index (χ2n) is 4.99. The second-order valence-corrected chi connectivity index (χ2v) is 4.99. The van der Waals surface area contributed by atoms with E-state index >= 15 is 0 Å². The average Bonchev–Trinajstić information content (AvgIpc) is 2.27. The van der Waals surface area contributed by atoms with E-state index in [9.17, 15) is 0 Å². The van der Waals surface area contributed by atoms with Crippen LogP contribution in [0.1, 0.15) is 38.5 Å². The van der Waals surface area contributed by atoms with Gasteiger partial charge in [0.1, 0.15) is 0 Å². The van der Waals surface area contributed by atoms with Gasteiger partial charge in [-0.1, -0.05) is 25.7 Å². The Balaban J connectivity index is 2.08. The molecule has 2 N–H and O–H groups in total. The second kappa shape index (κ2) is 4.63. The van der Waals surface area contributed by atoms with Crippen LogP contribution in [0.5, 0.6) is 0 Å². The van der Waals surface area contributed by atoms with Crippen LogP contribution in [0.4, 0.5) is 0 Å². The number of rotatable bonds is 2. The molecule has 2 atom stereocenters. The first-order valence-corrected chi connectivity index (χ1v) is 6.21. The van der Waals surface area contributed by atoms with Gasteiger partial charge in [0.25, 0.3) is 0 Å². The van der Waals surface area contributed by atoms with E-state index in [0.717, 1.165) is 23.9 Å². The van der Waals surface area contributed by atoms with Gasteiger partial charge in [-0.15, -0.1) is 0 Å². The summed E-state index contributed by atoms with van der Waals surface area (Å²) < 4.78 is 0. The standard InChI is InChI=1S/C12H24N2/c1-13-10-7-3-5-9-6-4-8-11(14-2)12(9)10/h9-14H,3-8H2,1-2H3. The Morgan fingerprint density at radius 2 is 1.29 bits per heavy atom. The lowest BCUT2D eigenvalue weighted by Gasteiger charge is -2.46. The van der Waals surface area contributed by atoms with Crippen LogP contribution < -0.4 is 10.6 Å². The number of hydrogen-bond acceptors (Lipinski definition) is 2. The topological polar surface area (TPSA) is 24.1 Å². The number of nitrogens with one attached hydrogen (secondary N) is 2. The molecule has 2 rings (SSSR count). The molecule has 2 saturated carbocycles. The van der Waals surface area contributed by atoms with Crippen LogP contribution in [0, 0.1) is 11.8 Å². The van der Waals surface area contributed by atoms with Crippen LogP contribution in [-0.4, -0.2) is 26.2 Å². The van der Waals surface area contributed by atoms with Gasteiger partial charge in [-0.25, -0.2) is 0 Å². The summed E-state index contributed by atoms with van der Waals surface area (Å²) in [4.78, 5) is 0. The summed E-state index contributed by atoms with van der Waals surface area (Å²) in [6.07, 6.45) is 8.58. The van der Waals surface area contributed by atoms with Gasteiger partial charge in [-0.2, -0.15) is 0 Å². The Morgan fingerprint density at radius 3 is 1.71 bits per heavy atom. The molecule has 0 heterocycles. The molecule has 2 fully saturated rings. The summed E-state index contributed by atoms with van der Waals surface area (Å²) in [6, 6.07) is 1.54. The molecule has 82 valence electrons. The number of fused-ring (bicyclic) bond motifs is 1. The molecule has 0 radical (unpaired) electrons. The zero-order valence-corrected chi connectivity index (χ0v) is 9.55. The third-order valence-electron chi connectivity index (χ3n) is 4.40. The van der Waals surface area contributed by atoms with Crippen LogP contribution in [0.2, 0.25) is 0 Å². The molecular weight excluding hydrogens is 172 g/mol. The monoisotopic (exact) mass is 196 g/mol. The maximum atomic E-state index is 3.53. The van der Waals surface area contributed by atoms with Crippen LogP contribution in [0.25, 0.3) is 0 Å². The lowest BCUT2D eigenvalue weighted by atomic mass is 9.66. The summed E-state index contributed by atoms with van der Waals surface area (Å²) in [7, 11) is 4.27. The summed E-state index contributed by atoms with van der Waals surface area (Å²) >= 11 is 0. The van der Waals surface area contributed by atoms with Crippen LogP contribution >= 0.6 is 0 Å². The van der Waals surface area contributed by atoms with E-state index in [1.54, 1.807) is 0 Å². The Hall–Kier alpha value is -0.0800. The van der Waals surface area contributed by atoms with Crippen molar-refractivity contribution in [1.82, 2.24) is 10.6 Å². The normalized spacial score (nSPS) is 43.3. The Morgan fingerprint density at radius 1 is 0.786 bits per heavy atom. The molecule has 0 bridgehead atoms. The van der Waals surface area contributed by atoms with E-state index in [0.29, 0.717) is 0 Å². The van der Waals surface area contributed by atoms with E-state index < -0.39 is 0 Å². The highest BCUT2D eigenvalue weighted by molar-refractivity contribution is 4.95. The van der Waals surface area contributed by atoms with Gasteiger partial charge in [0, 0.05) is 12.1 Å². The fourth-order valence-corrected chi connectivity index (χ4v) is 3.73. The zero-order chi connectivity index (χ0) is 9.97. The van der Waals surface area contributed by atoms with Gasteiger partial charge in [0.05, 0.1) is 0 Å². The highest BCUT2D eigenvalue weighted by Gasteiger charge is 2.39. The van der Waals surface area contributed by atoms with Gasteiger partial charge in [0.2, 0.25) is 0 Å². The van der Waals surface area contributed by atoms with Crippen molar-refractivity contribution in [3.05, 3.63) is 0 Å². The highest BCUT2D eigenvalue weighted by Crippen LogP contribution is 2.40. The van der Waals surface area contributed by atoms with Crippen molar-refractivity contribution in [3.63, 3.8) is 0 Å². The third-order valence-corrected chi connectivity index (χ3v) is 4.40. The average molecular weight is 196 g/mol. The largest absolute Gasteiger partial charge is 0.317 e. The van der Waals surface area contributed by atoms with E-state index in [1.165, 1.54) is 38.5 Å². The van der Waals surface area contributed by atoms with Crippen molar-refractivity contribution in [2.24, 2.45) is 11.8 Å². The maximum absolute atomic E-state index is 3.53. The molecule has 0 aliphatic heterocycles. The van der Waals surface area contributed by atoms with E-state index in [-0.39, 0.29) is 0 Å². The Kier molecular flexibility index (Phi) is 3.45. The summed E-state index contributed by atoms with van der Waals surface area (Å²) in [5.41, 5.74) is 0. The van der Waals surface area contributed by atoms with Crippen molar-refractivity contribution in [3.8, 4) is 0 Å². The maximum Gasteiger partial charge on any atom is 0.0110 e. The van der Waals surface area contributed by atoms with Crippen molar-refractivity contribution in [2.75, 3.05) is 14.1 Å². The minimum atomic E-state index is 0.770. The van der Waals surface area contributed by atoms with E-state index in [1.807, 2.05) is 0 Å². The minimum Gasteiger partial charge on any atom is -0.317 e. The molecule has 2 aliphatic carbocycles. The van der Waals surface area contributed by atoms with Gasteiger partial charge < -0.3 is 10.6 Å². The van der Waals surface area contributed by atoms with Gasteiger partial charge in [0.15, 0.2) is 0 Å². The SMILES string of the molecule is CNC1CCCC2CCCC(NC)C21. The van der Waals surface area contributed by atoms with Crippen LogP contribution in [-0.2, 0) is 0 Å². The molecule has 0 aromatic heterocycles. The molecule has 0 spiro atoms. The van der Waals surface area contributed by atoms with Crippen molar-refractivity contribution >= 4 is 0 Å². The van der Waals surface area contributed by atoms with Crippen LogP contribution in [0.3, 0.4) is 0 Å². The number of hydrogen-bond donors (Lipinski definition) is 2. The fourth-order valence-electron chi connectivity index (χ4n) is 3.73. The lowest BCUT2D eigenvalue weighted by Crippen LogP contribution is -2.52. The molecule has 14 heavy (non-hydrogen) atoms. The van der Waals surface area contributed by atoms with E-state index in [4.69, 9.17) is 0 Å².